The van der Waals surface area contributed by atoms with Crippen molar-refractivity contribution >= 4 is 35.0 Å². The summed E-state index contributed by atoms with van der Waals surface area (Å²) in [4.78, 5) is 38.0. The van der Waals surface area contributed by atoms with Crippen molar-refractivity contribution < 1.29 is 19.1 Å². The highest BCUT2D eigenvalue weighted by molar-refractivity contribution is 6.32. The number of carbonyl (C=O) groups is 3. The van der Waals surface area contributed by atoms with Crippen molar-refractivity contribution in [1.82, 2.24) is 4.90 Å². The monoisotopic (exact) mass is 362 g/mol. The van der Waals surface area contributed by atoms with E-state index in [2.05, 4.69) is 5.32 Å². The Bertz CT molecular complexity index is 721. The molecule has 3 rings (SSSR count). The van der Waals surface area contributed by atoms with Gasteiger partial charge in [-0.3, -0.25) is 19.3 Å². The van der Waals surface area contributed by atoms with Crippen molar-refractivity contribution in [3.63, 3.8) is 0 Å². The molecule has 0 spiro atoms. The first-order valence-electron chi connectivity index (χ1n) is 8.15. The quantitative estimate of drug-likeness (QED) is 0.645. The molecule has 0 radical (unpaired) electrons. The lowest BCUT2D eigenvalue weighted by Crippen LogP contribution is -2.34. The molecule has 1 aromatic rings. The normalized spacial score (nSPS) is 22.1. The van der Waals surface area contributed by atoms with Crippen molar-refractivity contribution in [2.45, 2.75) is 19.3 Å². The molecule has 7 heteroatoms. The molecule has 1 heterocycles. The number of amides is 3. The zero-order valence-corrected chi connectivity index (χ0v) is 14.6. The second-order valence-corrected chi connectivity index (χ2v) is 6.54. The molecule has 3 amide bonds. The minimum absolute atomic E-state index is 0.0496. The molecule has 6 nitrogen and oxygen atoms in total. The van der Waals surface area contributed by atoms with Crippen LogP contribution in [0.2, 0.25) is 5.02 Å². The highest BCUT2D eigenvalue weighted by atomic mass is 35.5. The second kappa shape index (κ2) is 7.27. The van der Waals surface area contributed by atoms with Crippen LogP contribution in [0.25, 0.3) is 0 Å². The number of benzene rings is 1. The molecular weight excluding hydrogens is 344 g/mol. The molecule has 25 heavy (non-hydrogen) atoms. The van der Waals surface area contributed by atoms with Gasteiger partial charge in [0, 0.05) is 18.7 Å². The molecule has 0 unspecified atom stereocenters. The molecule has 132 valence electrons. The number of halogens is 1. The van der Waals surface area contributed by atoms with Crippen LogP contribution in [0.4, 0.5) is 5.69 Å². The third-order valence-corrected chi connectivity index (χ3v) is 4.89. The van der Waals surface area contributed by atoms with Crippen LogP contribution in [-0.2, 0) is 14.4 Å². The Balaban J connectivity index is 1.56. The summed E-state index contributed by atoms with van der Waals surface area (Å²) >= 11 is 6.02. The Morgan fingerprint density at radius 3 is 2.44 bits per heavy atom. The van der Waals surface area contributed by atoms with Gasteiger partial charge in [0.1, 0.15) is 5.75 Å². The van der Waals surface area contributed by atoms with Gasteiger partial charge in [0.15, 0.2) is 0 Å². The Kier molecular flexibility index (Phi) is 5.08. The second-order valence-electron chi connectivity index (χ2n) is 6.13. The first-order chi connectivity index (χ1) is 12.0. The van der Waals surface area contributed by atoms with Crippen LogP contribution in [0.3, 0.4) is 0 Å². The maximum atomic E-state index is 12.3. The van der Waals surface area contributed by atoms with Crippen molar-refractivity contribution in [2.75, 3.05) is 19.0 Å². The summed E-state index contributed by atoms with van der Waals surface area (Å²) in [5, 5.41) is 3.10. The largest absolute Gasteiger partial charge is 0.495 e. The molecule has 0 bridgehead atoms. The van der Waals surface area contributed by atoms with Gasteiger partial charge in [-0.1, -0.05) is 23.8 Å². The number of nitrogens with zero attached hydrogens (tertiary/aromatic N) is 1. The first-order valence-corrected chi connectivity index (χ1v) is 8.52. The van der Waals surface area contributed by atoms with Gasteiger partial charge in [-0.15, -0.1) is 0 Å². The van der Waals surface area contributed by atoms with E-state index < -0.39 is 0 Å². The third kappa shape index (κ3) is 3.54. The molecule has 1 aromatic carbocycles. The summed E-state index contributed by atoms with van der Waals surface area (Å²) in [5.41, 5.74) is 0.535. The number of hydrogen-bond acceptors (Lipinski definition) is 4. The lowest BCUT2D eigenvalue weighted by Gasteiger charge is -2.14. The minimum atomic E-state index is -0.283. The van der Waals surface area contributed by atoms with Crippen molar-refractivity contribution in [2.24, 2.45) is 11.8 Å². The third-order valence-electron chi connectivity index (χ3n) is 4.60. The predicted octanol–water partition coefficient (Wildman–Crippen LogP) is 2.63. The summed E-state index contributed by atoms with van der Waals surface area (Å²) in [6.45, 7) is 0.0976. The molecule has 2 atom stereocenters. The standard InChI is InChI=1S/C18H19ClN2O4/c1-25-15-7-6-11(10-14(15)19)20-16(22)8-9-21-17(23)12-4-2-3-5-13(12)18(21)24/h2-3,6-7,10,12-13H,4-5,8-9H2,1H3,(H,20,22)/t12-,13-/m1/s1. The van der Waals surface area contributed by atoms with E-state index in [0.29, 0.717) is 29.3 Å². The smallest absolute Gasteiger partial charge is 0.233 e. The van der Waals surface area contributed by atoms with Crippen molar-refractivity contribution in [1.29, 1.82) is 0 Å². The number of likely N-dealkylation sites (tertiary alicyclic amines) is 1. The van der Waals surface area contributed by atoms with E-state index >= 15 is 0 Å². The zero-order valence-electron chi connectivity index (χ0n) is 13.8. The fraction of sp³-hybridized carbons (Fsp3) is 0.389. The van der Waals surface area contributed by atoms with Crippen LogP contribution in [-0.4, -0.2) is 36.3 Å². The molecule has 1 N–H and O–H groups in total. The minimum Gasteiger partial charge on any atom is -0.495 e. The number of allylic oxidation sites excluding steroid dienone is 2. The van der Waals surface area contributed by atoms with Gasteiger partial charge >= 0.3 is 0 Å². The maximum absolute atomic E-state index is 12.3. The molecule has 1 fully saturated rings. The fourth-order valence-corrected chi connectivity index (χ4v) is 3.53. The number of carbonyl (C=O) groups excluding carboxylic acids is 3. The van der Waals surface area contributed by atoms with Gasteiger partial charge in [0.05, 0.1) is 24.0 Å². The SMILES string of the molecule is COc1ccc(NC(=O)CCN2C(=O)[C@@H]3CC=CC[C@H]3C2=O)cc1Cl. The van der Waals surface area contributed by atoms with E-state index in [1.165, 1.54) is 12.0 Å². The summed E-state index contributed by atoms with van der Waals surface area (Å²) < 4.78 is 5.06. The zero-order chi connectivity index (χ0) is 18.0. The van der Waals surface area contributed by atoms with Gasteiger partial charge in [-0.05, 0) is 31.0 Å². The number of methoxy groups -OCH3 is 1. The van der Waals surface area contributed by atoms with Gasteiger partial charge < -0.3 is 10.1 Å². The van der Waals surface area contributed by atoms with Crippen molar-refractivity contribution in [3.8, 4) is 5.75 Å². The van der Waals surface area contributed by atoms with Crippen molar-refractivity contribution in [3.05, 3.63) is 35.4 Å². The summed E-state index contributed by atoms with van der Waals surface area (Å²) in [5.74, 6) is -0.625. The van der Waals surface area contributed by atoms with E-state index in [-0.39, 0.29) is 42.5 Å². The molecule has 1 saturated heterocycles. The van der Waals surface area contributed by atoms with E-state index in [9.17, 15) is 14.4 Å². The number of fused-ring (bicyclic) bond motifs is 1. The fourth-order valence-electron chi connectivity index (χ4n) is 3.27. The lowest BCUT2D eigenvalue weighted by atomic mass is 9.85. The topological polar surface area (TPSA) is 75.7 Å². The molecule has 0 saturated carbocycles. The Morgan fingerprint density at radius 1 is 1.24 bits per heavy atom. The van der Waals surface area contributed by atoms with E-state index in [0.717, 1.165) is 0 Å². The van der Waals surface area contributed by atoms with Gasteiger partial charge in [-0.2, -0.15) is 0 Å². The Hall–Kier alpha value is -2.34. The molecule has 1 aliphatic heterocycles. The Labute approximate surface area is 150 Å². The molecule has 0 aromatic heterocycles. The number of ether oxygens (including phenoxy) is 1. The number of nitrogens with one attached hydrogen (secondary N) is 1. The average molecular weight is 363 g/mol. The van der Waals surface area contributed by atoms with Crippen LogP contribution in [0.5, 0.6) is 5.75 Å². The summed E-state index contributed by atoms with van der Waals surface area (Å²) in [7, 11) is 1.51. The summed E-state index contributed by atoms with van der Waals surface area (Å²) in [6, 6.07) is 4.92. The van der Waals surface area contributed by atoms with E-state index in [4.69, 9.17) is 16.3 Å². The maximum Gasteiger partial charge on any atom is 0.233 e. The number of anilines is 1. The van der Waals surface area contributed by atoms with Crippen LogP contribution >= 0.6 is 11.6 Å². The first kappa shape index (κ1) is 17.5. The molecule has 1 aliphatic carbocycles. The predicted molar refractivity (Wildman–Crippen MR) is 93.3 cm³/mol. The average Bonchev–Trinajstić information content (AvgIpc) is 2.85. The summed E-state index contributed by atoms with van der Waals surface area (Å²) in [6.07, 6.45) is 5.13. The highest BCUT2D eigenvalue weighted by Crippen LogP contribution is 2.35. The number of imide groups is 1. The van der Waals surface area contributed by atoms with E-state index in [1.807, 2.05) is 12.2 Å². The van der Waals surface area contributed by atoms with Gasteiger partial charge in [-0.25, -0.2) is 0 Å². The Morgan fingerprint density at radius 2 is 1.88 bits per heavy atom. The van der Waals surface area contributed by atoms with Crippen LogP contribution < -0.4 is 10.1 Å². The van der Waals surface area contributed by atoms with E-state index in [1.54, 1.807) is 18.2 Å². The number of rotatable bonds is 5. The highest BCUT2D eigenvalue weighted by Gasteiger charge is 2.46. The van der Waals surface area contributed by atoms with Crippen LogP contribution in [0, 0.1) is 11.8 Å². The molecular formula is C18H19ClN2O4. The van der Waals surface area contributed by atoms with Crippen LogP contribution in [0.1, 0.15) is 19.3 Å². The van der Waals surface area contributed by atoms with Crippen LogP contribution in [0.15, 0.2) is 30.4 Å². The lowest BCUT2D eigenvalue weighted by molar-refractivity contribution is -0.140. The number of hydrogen-bond donors (Lipinski definition) is 1. The molecule has 2 aliphatic rings. The van der Waals surface area contributed by atoms with Gasteiger partial charge in [0.25, 0.3) is 0 Å². The van der Waals surface area contributed by atoms with Gasteiger partial charge in [0.2, 0.25) is 17.7 Å².